The first-order chi connectivity index (χ1) is 7.55. The largest absolute Gasteiger partial charge is 0.395 e. The molecule has 2 aliphatic heterocycles. The van der Waals surface area contributed by atoms with Crippen LogP contribution in [0.25, 0.3) is 0 Å². The third-order valence-corrected chi connectivity index (χ3v) is 5.42. The summed E-state index contributed by atoms with van der Waals surface area (Å²) in [5.41, 5.74) is 0.558. The molecule has 2 saturated heterocycles. The van der Waals surface area contributed by atoms with E-state index in [9.17, 15) is 0 Å². The van der Waals surface area contributed by atoms with E-state index in [0.717, 1.165) is 6.54 Å². The van der Waals surface area contributed by atoms with Crippen LogP contribution in [0.2, 0.25) is 0 Å². The highest BCUT2D eigenvalue weighted by Crippen LogP contribution is 2.49. The lowest BCUT2D eigenvalue weighted by molar-refractivity contribution is 0.0552. The van der Waals surface area contributed by atoms with Gasteiger partial charge in [0, 0.05) is 17.8 Å². The topological polar surface area (TPSA) is 23.5 Å². The van der Waals surface area contributed by atoms with Gasteiger partial charge in [0.2, 0.25) is 0 Å². The molecular weight excluding hydrogens is 218 g/mol. The maximum absolute atomic E-state index is 9.06. The van der Waals surface area contributed by atoms with Gasteiger partial charge < -0.3 is 10.0 Å². The van der Waals surface area contributed by atoms with Crippen LogP contribution >= 0.6 is 11.8 Å². The van der Waals surface area contributed by atoms with Crippen LogP contribution in [0.4, 0.5) is 0 Å². The summed E-state index contributed by atoms with van der Waals surface area (Å²) in [6.45, 7) is 8.38. The molecule has 2 nitrogen and oxygen atoms in total. The number of aliphatic hydroxyl groups excluding tert-OH is 1. The van der Waals surface area contributed by atoms with Crippen LogP contribution in [-0.4, -0.2) is 46.7 Å². The molecule has 0 amide bonds. The van der Waals surface area contributed by atoms with E-state index in [0.29, 0.717) is 16.8 Å². The lowest BCUT2D eigenvalue weighted by Gasteiger charge is -2.49. The number of hydrogen-bond donors (Lipinski definition) is 1. The second-order valence-corrected chi connectivity index (χ2v) is 7.94. The molecule has 2 aliphatic rings. The van der Waals surface area contributed by atoms with Gasteiger partial charge in [0.15, 0.2) is 0 Å². The Kier molecular flexibility index (Phi) is 3.87. The second kappa shape index (κ2) is 4.87. The average molecular weight is 243 g/mol. The third-order valence-electron chi connectivity index (χ3n) is 4.08. The van der Waals surface area contributed by atoms with Crippen molar-refractivity contribution in [2.45, 2.75) is 44.3 Å². The van der Waals surface area contributed by atoms with Gasteiger partial charge in [-0.05, 0) is 43.4 Å². The van der Waals surface area contributed by atoms with Gasteiger partial charge in [-0.1, -0.05) is 13.8 Å². The minimum Gasteiger partial charge on any atom is -0.395 e. The van der Waals surface area contributed by atoms with Crippen LogP contribution in [-0.2, 0) is 0 Å². The summed E-state index contributed by atoms with van der Waals surface area (Å²) in [4.78, 5) is 2.47. The van der Waals surface area contributed by atoms with Crippen LogP contribution < -0.4 is 0 Å². The SMILES string of the molecule is CC1(C)CC2(CCCN(CCO)C2)CCS1. The maximum atomic E-state index is 9.06. The highest BCUT2D eigenvalue weighted by molar-refractivity contribution is 8.00. The first-order valence-electron chi connectivity index (χ1n) is 6.53. The van der Waals surface area contributed by atoms with Crippen molar-refractivity contribution in [3.05, 3.63) is 0 Å². The first kappa shape index (κ1) is 12.7. The minimum absolute atomic E-state index is 0.314. The first-order valence-corrected chi connectivity index (χ1v) is 7.51. The van der Waals surface area contributed by atoms with Crippen LogP contribution in [0.5, 0.6) is 0 Å². The molecule has 2 heterocycles. The Morgan fingerprint density at radius 1 is 1.31 bits per heavy atom. The summed E-state index contributed by atoms with van der Waals surface area (Å²) in [6, 6.07) is 0. The molecule has 1 spiro atoms. The van der Waals surface area contributed by atoms with Crippen molar-refractivity contribution in [2.24, 2.45) is 5.41 Å². The maximum Gasteiger partial charge on any atom is 0.0558 e. The molecule has 0 aromatic rings. The Labute approximate surface area is 104 Å². The molecule has 2 fully saturated rings. The smallest absolute Gasteiger partial charge is 0.0558 e. The molecule has 0 aromatic heterocycles. The number of rotatable bonds is 2. The summed E-state index contributed by atoms with van der Waals surface area (Å²) in [5, 5.41) is 9.06. The quantitative estimate of drug-likeness (QED) is 0.805. The van der Waals surface area contributed by atoms with Crippen LogP contribution in [0, 0.1) is 5.41 Å². The van der Waals surface area contributed by atoms with E-state index in [1.54, 1.807) is 0 Å². The van der Waals surface area contributed by atoms with Crippen LogP contribution in [0.1, 0.15) is 39.5 Å². The van der Waals surface area contributed by atoms with Gasteiger partial charge in [0.05, 0.1) is 6.61 Å². The zero-order valence-electron chi connectivity index (χ0n) is 10.7. The Bertz CT molecular complexity index is 238. The molecule has 16 heavy (non-hydrogen) atoms. The molecular formula is C13H25NOS. The number of aliphatic hydroxyl groups is 1. The van der Waals surface area contributed by atoms with Gasteiger partial charge in [0.1, 0.15) is 0 Å². The van der Waals surface area contributed by atoms with Crippen molar-refractivity contribution in [2.75, 3.05) is 32.0 Å². The summed E-state index contributed by atoms with van der Waals surface area (Å²) in [7, 11) is 0. The lowest BCUT2D eigenvalue weighted by atomic mass is 9.71. The van der Waals surface area contributed by atoms with Crippen molar-refractivity contribution in [1.82, 2.24) is 4.90 Å². The van der Waals surface area contributed by atoms with Gasteiger partial charge in [-0.15, -0.1) is 0 Å². The fourth-order valence-electron chi connectivity index (χ4n) is 3.58. The highest BCUT2D eigenvalue weighted by Gasteiger charge is 2.42. The van der Waals surface area contributed by atoms with E-state index < -0.39 is 0 Å². The molecule has 0 radical (unpaired) electrons. The molecule has 0 bridgehead atoms. The number of β-amino-alcohol motifs (C(OH)–C–C–N with tert-alkyl or cyclic N) is 1. The van der Waals surface area contributed by atoms with E-state index >= 15 is 0 Å². The van der Waals surface area contributed by atoms with Crippen molar-refractivity contribution in [3.8, 4) is 0 Å². The molecule has 2 rings (SSSR count). The van der Waals surface area contributed by atoms with E-state index in [2.05, 4.69) is 30.5 Å². The number of thioether (sulfide) groups is 1. The fourth-order valence-corrected chi connectivity index (χ4v) is 5.07. The van der Waals surface area contributed by atoms with E-state index in [-0.39, 0.29) is 0 Å². The Morgan fingerprint density at radius 2 is 2.12 bits per heavy atom. The summed E-state index contributed by atoms with van der Waals surface area (Å²) >= 11 is 2.13. The summed E-state index contributed by atoms with van der Waals surface area (Å²) in [5.74, 6) is 1.32. The van der Waals surface area contributed by atoms with Crippen molar-refractivity contribution in [1.29, 1.82) is 0 Å². The molecule has 1 atom stereocenters. The van der Waals surface area contributed by atoms with E-state index in [4.69, 9.17) is 5.11 Å². The molecule has 1 unspecified atom stereocenters. The molecule has 0 aliphatic carbocycles. The van der Waals surface area contributed by atoms with E-state index in [1.807, 2.05) is 0 Å². The Morgan fingerprint density at radius 3 is 2.81 bits per heavy atom. The molecule has 0 saturated carbocycles. The Hall–Kier alpha value is 0.270. The predicted molar refractivity (Wildman–Crippen MR) is 71.0 cm³/mol. The van der Waals surface area contributed by atoms with Crippen molar-refractivity contribution < 1.29 is 5.11 Å². The zero-order chi connectivity index (χ0) is 11.6. The summed E-state index contributed by atoms with van der Waals surface area (Å²) < 4.78 is 0.459. The Balaban J connectivity index is 2.00. The number of likely N-dealkylation sites (tertiary alicyclic amines) is 1. The van der Waals surface area contributed by atoms with E-state index in [1.165, 1.54) is 44.5 Å². The third kappa shape index (κ3) is 2.93. The van der Waals surface area contributed by atoms with Crippen LogP contribution in [0.3, 0.4) is 0 Å². The van der Waals surface area contributed by atoms with Crippen molar-refractivity contribution >= 4 is 11.8 Å². The van der Waals surface area contributed by atoms with Gasteiger partial charge in [-0.3, -0.25) is 0 Å². The molecule has 0 aromatic carbocycles. The van der Waals surface area contributed by atoms with Gasteiger partial charge in [-0.25, -0.2) is 0 Å². The molecule has 94 valence electrons. The number of piperidine rings is 1. The fraction of sp³-hybridized carbons (Fsp3) is 1.00. The normalized spacial score (nSPS) is 35.4. The van der Waals surface area contributed by atoms with Gasteiger partial charge >= 0.3 is 0 Å². The van der Waals surface area contributed by atoms with Gasteiger partial charge in [-0.2, -0.15) is 11.8 Å². The lowest BCUT2D eigenvalue weighted by Crippen LogP contribution is -2.48. The standard InChI is InChI=1S/C13H25NOS/c1-12(2)10-13(5-9-16-12)4-3-6-14(11-13)7-8-15/h15H,3-11H2,1-2H3. The number of nitrogens with zero attached hydrogens (tertiary/aromatic N) is 1. The zero-order valence-corrected chi connectivity index (χ0v) is 11.5. The monoisotopic (exact) mass is 243 g/mol. The molecule has 3 heteroatoms. The average Bonchev–Trinajstić information content (AvgIpc) is 2.16. The summed E-state index contributed by atoms with van der Waals surface area (Å²) in [6.07, 6.45) is 5.45. The second-order valence-electron chi connectivity index (χ2n) is 6.14. The van der Waals surface area contributed by atoms with Crippen LogP contribution in [0.15, 0.2) is 0 Å². The van der Waals surface area contributed by atoms with Gasteiger partial charge in [0.25, 0.3) is 0 Å². The predicted octanol–water partition coefficient (Wildman–Crippen LogP) is 2.37. The minimum atomic E-state index is 0.314. The number of hydrogen-bond acceptors (Lipinski definition) is 3. The molecule has 1 N–H and O–H groups in total. The highest BCUT2D eigenvalue weighted by atomic mass is 32.2. The van der Waals surface area contributed by atoms with Crippen molar-refractivity contribution in [3.63, 3.8) is 0 Å².